The number of pyridine rings is 1. The molecule has 1 aliphatic rings. The molecule has 34 heavy (non-hydrogen) atoms. The molecule has 1 fully saturated rings. The van der Waals surface area contributed by atoms with Gasteiger partial charge in [-0.05, 0) is 17.7 Å². The SMILES string of the molecule is O=C(OC1CNC[C@H](c2ccccc2)N1c1ccc(-c2noc(C(F)(F)F)n2)cn1)C(F)(F)F. The molecule has 0 radical (unpaired) electrons. The van der Waals surface area contributed by atoms with E-state index in [2.05, 4.69) is 25.0 Å². The van der Waals surface area contributed by atoms with Gasteiger partial charge >= 0.3 is 24.2 Å². The lowest BCUT2D eigenvalue weighted by Crippen LogP contribution is -2.56. The summed E-state index contributed by atoms with van der Waals surface area (Å²) in [5, 5.41) is 6.22. The van der Waals surface area contributed by atoms with Crippen LogP contribution in [0.15, 0.2) is 53.2 Å². The number of aromatic nitrogens is 3. The maximum Gasteiger partial charge on any atom is 0.491 e. The molecule has 14 heteroatoms. The largest absolute Gasteiger partial charge is 0.491 e. The van der Waals surface area contributed by atoms with Crippen molar-refractivity contribution in [3.8, 4) is 11.4 Å². The first-order chi connectivity index (χ1) is 16.0. The topological polar surface area (TPSA) is 93.4 Å². The Morgan fingerprint density at radius 3 is 2.38 bits per heavy atom. The third-order valence-corrected chi connectivity index (χ3v) is 4.90. The van der Waals surface area contributed by atoms with Crippen LogP contribution in [0.1, 0.15) is 17.5 Å². The molecular formula is C20H15F6N5O3. The Bertz CT molecular complexity index is 1130. The van der Waals surface area contributed by atoms with Gasteiger partial charge in [0, 0.05) is 18.3 Å². The van der Waals surface area contributed by atoms with Gasteiger partial charge in [0.1, 0.15) is 5.82 Å². The number of carbonyl (C=O) groups is 1. The molecular weight excluding hydrogens is 472 g/mol. The van der Waals surface area contributed by atoms with Crippen LogP contribution in [0.4, 0.5) is 32.2 Å². The number of nitrogens with one attached hydrogen (secondary N) is 1. The molecule has 2 aromatic heterocycles. The molecule has 0 amide bonds. The van der Waals surface area contributed by atoms with E-state index in [1.54, 1.807) is 30.3 Å². The van der Waals surface area contributed by atoms with Crippen LogP contribution < -0.4 is 10.2 Å². The molecule has 180 valence electrons. The number of hydrogen-bond acceptors (Lipinski definition) is 8. The normalized spacial score (nSPS) is 19.2. The minimum absolute atomic E-state index is 0.0817. The smallest absolute Gasteiger partial charge is 0.433 e. The number of nitrogens with zero attached hydrogens (tertiary/aromatic N) is 4. The number of esters is 1. The van der Waals surface area contributed by atoms with Gasteiger partial charge in [-0.25, -0.2) is 9.78 Å². The van der Waals surface area contributed by atoms with E-state index in [-0.39, 0.29) is 23.8 Å². The van der Waals surface area contributed by atoms with Gasteiger partial charge in [0.05, 0.1) is 12.6 Å². The van der Waals surface area contributed by atoms with Crippen molar-refractivity contribution in [1.29, 1.82) is 0 Å². The van der Waals surface area contributed by atoms with Gasteiger partial charge in [0.15, 0.2) is 6.23 Å². The van der Waals surface area contributed by atoms with Gasteiger partial charge in [-0.1, -0.05) is 35.5 Å². The number of hydrogen-bond donors (Lipinski definition) is 1. The summed E-state index contributed by atoms with van der Waals surface area (Å²) < 4.78 is 85.6. The van der Waals surface area contributed by atoms with E-state index in [1.807, 2.05) is 0 Å². The van der Waals surface area contributed by atoms with Gasteiger partial charge < -0.3 is 19.5 Å². The Hall–Kier alpha value is -3.68. The third kappa shape index (κ3) is 4.95. The first-order valence-electron chi connectivity index (χ1n) is 9.73. The van der Waals surface area contributed by atoms with Crippen LogP contribution in [0, 0.1) is 0 Å². The summed E-state index contributed by atoms with van der Waals surface area (Å²) in [6.45, 7) is 0.182. The van der Waals surface area contributed by atoms with E-state index >= 15 is 0 Å². The summed E-state index contributed by atoms with van der Waals surface area (Å²) in [4.78, 5) is 20.4. The molecule has 1 unspecified atom stereocenters. The maximum absolute atomic E-state index is 12.8. The van der Waals surface area contributed by atoms with Crippen molar-refractivity contribution in [3.63, 3.8) is 0 Å². The minimum Gasteiger partial charge on any atom is -0.433 e. The van der Waals surface area contributed by atoms with Crippen molar-refractivity contribution >= 4 is 11.8 Å². The number of alkyl halides is 6. The standard InChI is InChI=1S/C20H15F6N5O3/c21-19(22,23)17-29-16(30-34-17)12-6-7-14(28-8-12)31-13(11-4-2-1-3-5-11)9-27-10-15(31)33-18(32)20(24,25)26/h1-8,13,15,27H,9-10H2/t13-,15?/m1/s1. The molecule has 1 saturated heterocycles. The molecule has 8 nitrogen and oxygen atoms in total. The average molecular weight is 487 g/mol. The van der Waals surface area contributed by atoms with Gasteiger partial charge in [-0.15, -0.1) is 0 Å². The highest BCUT2D eigenvalue weighted by atomic mass is 19.4. The second-order valence-corrected chi connectivity index (χ2v) is 7.18. The highest BCUT2D eigenvalue weighted by molar-refractivity contribution is 5.76. The van der Waals surface area contributed by atoms with Crippen molar-refractivity contribution in [2.24, 2.45) is 0 Å². The Morgan fingerprint density at radius 1 is 1.06 bits per heavy atom. The van der Waals surface area contributed by atoms with Crippen LogP contribution in [0.3, 0.4) is 0 Å². The van der Waals surface area contributed by atoms with Crippen LogP contribution in [0.25, 0.3) is 11.4 Å². The molecule has 3 aromatic rings. The fourth-order valence-electron chi connectivity index (χ4n) is 3.42. The fraction of sp³-hybridized carbons (Fsp3) is 0.300. The molecule has 2 atom stereocenters. The Morgan fingerprint density at radius 2 is 1.79 bits per heavy atom. The number of ether oxygens (including phenoxy) is 1. The molecule has 0 spiro atoms. The lowest BCUT2D eigenvalue weighted by molar-refractivity contribution is -0.205. The van der Waals surface area contributed by atoms with Gasteiger partial charge in [-0.3, -0.25) is 0 Å². The lowest BCUT2D eigenvalue weighted by atomic mass is 10.0. The Labute approximate surface area is 187 Å². The molecule has 1 N–H and O–H groups in total. The number of benzene rings is 1. The van der Waals surface area contributed by atoms with Crippen LogP contribution in [0.2, 0.25) is 0 Å². The quantitative estimate of drug-likeness (QED) is 0.440. The van der Waals surface area contributed by atoms with Crippen LogP contribution in [-0.2, 0) is 15.7 Å². The average Bonchev–Trinajstić information content (AvgIpc) is 3.30. The predicted molar refractivity (Wildman–Crippen MR) is 103 cm³/mol. The van der Waals surface area contributed by atoms with Crippen molar-refractivity contribution in [1.82, 2.24) is 20.4 Å². The second kappa shape index (κ2) is 8.93. The first-order valence-corrected chi connectivity index (χ1v) is 9.73. The molecule has 3 heterocycles. The molecule has 0 aliphatic carbocycles. The maximum atomic E-state index is 12.8. The van der Waals surface area contributed by atoms with Gasteiger partial charge in [-0.2, -0.15) is 31.3 Å². The van der Waals surface area contributed by atoms with Gasteiger partial charge in [0.25, 0.3) is 0 Å². The highest BCUT2D eigenvalue weighted by Crippen LogP contribution is 2.33. The van der Waals surface area contributed by atoms with E-state index in [0.717, 1.165) is 6.20 Å². The van der Waals surface area contributed by atoms with Crippen LogP contribution in [0.5, 0.6) is 0 Å². The van der Waals surface area contributed by atoms with Crippen LogP contribution >= 0.6 is 0 Å². The second-order valence-electron chi connectivity index (χ2n) is 7.18. The highest BCUT2D eigenvalue weighted by Gasteiger charge is 2.45. The van der Waals surface area contributed by atoms with Crippen molar-refractivity contribution in [2.75, 3.05) is 18.0 Å². The van der Waals surface area contributed by atoms with E-state index in [0.29, 0.717) is 12.1 Å². The number of piperazine rings is 1. The summed E-state index contributed by atoms with van der Waals surface area (Å²) in [6.07, 6.45) is -10.2. The number of carbonyl (C=O) groups excluding carboxylic acids is 1. The summed E-state index contributed by atoms with van der Waals surface area (Å²) >= 11 is 0. The third-order valence-electron chi connectivity index (χ3n) is 4.90. The van der Waals surface area contributed by atoms with E-state index in [1.165, 1.54) is 17.0 Å². The number of rotatable bonds is 4. The predicted octanol–water partition coefficient (Wildman–Crippen LogP) is 3.73. The molecule has 4 rings (SSSR count). The number of halogens is 6. The summed E-state index contributed by atoms with van der Waals surface area (Å²) in [6, 6.07) is 10.9. The molecule has 1 aliphatic heterocycles. The first kappa shape index (κ1) is 23.5. The number of anilines is 1. The zero-order valence-corrected chi connectivity index (χ0v) is 17.0. The Balaban J connectivity index is 1.67. The van der Waals surface area contributed by atoms with Crippen molar-refractivity contribution in [3.05, 3.63) is 60.1 Å². The van der Waals surface area contributed by atoms with E-state index in [9.17, 15) is 31.1 Å². The zero-order valence-electron chi connectivity index (χ0n) is 17.0. The van der Waals surface area contributed by atoms with E-state index in [4.69, 9.17) is 4.74 Å². The molecule has 0 bridgehead atoms. The van der Waals surface area contributed by atoms with Crippen molar-refractivity contribution in [2.45, 2.75) is 24.6 Å². The van der Waals surface area contributed by atoms with E-state index < -0.39 is 36.5 Å². The monoisotopic (exact) mass is 487 g/mol. The zero-order chi connectivity index (χ0) is 24.5. The summed E-state index contributed by atoms with van der Waals surface area (Å²) in [7, 11) is 0. The lowest BCUT2D eigenvalue weighted by Gasteiger charge is -2.42. The molecule has 1 aromatic carbocycles. The Kier molecular flexibility index (Phi) is 6.17. The van der Waals surface area contributed by atoms with Gasteiger partial charge in [0.2, 0.25) is 5.82 Å². The fourth-order valence-corrected chi connectivity index (χ4v) is 3.42. The summed E-state index contributed by atoms with van der Waals surface area (Å²) in [5.41, 5.74) is 0.792. The van der Waals surface area contributed by atoms with Crippen LogP contribution in [-0.4, -0.2) is 46.6 Å². The van der Waals surface area contributed by atoms with Crippen molar-refractivity contribution < 1.29 is 40.4 Å². The molecule has 0 saturated carbocycles. The summed E-state index contributed by atoms with van der Waals surface area (Å²) in [5.74, 6) is -4.14. The minimum atomic E-state index is -5.20.